The van der Waals surface area contributed by atoms with E-state index < -0.39 is 4.92 Å². The van der Waals surface area contributed by atoms with E-state index in [1.165, 1.54) is 12.1 Å². The van der Waals surface area contributed by atoms with Gasteiger partial charge in [-0.2, -0.15) is 0 Å². The lowest BCUT2D eigenvalue weighted by Gasteiger charge is -2.14. The van der Waals surface area contributed by atoms with Crippen molar-refractivity contribution in [3.8, 4) is 0 Å². The molecular weight excluding hydrogens is 244 g/mol. The molecule has 1 aromatic rings. The molecule has 1 aliphatic rings. The third kappa shape index (κ3) is 2.94. The van der Waals surface area contributed by atoms with Gasteiger partial charge < -0.3 is 5.11 Å². The van der Waals surface area contributed by atoms with Gasteiger partial charge in [-0.3, -0.25) is 15.0 Å². The van der Waals surface area contributed by atoms with Crippen LogP contribution in [-0.4, -0.2) is 34.1 Å². The molecule has 0 amide bonds. The van der Waals surface area contributed by atoms with Crippen molar-refractivity contribution in [1.82, 2.24) is 4.90 Å². The van der Waals surface area contributed by atoms with Crippen LogP contribution in [0.2, 0.25) is 5.02 Å². The maximum atomic E-state index is 10.9. The number of β-amino-alcohol motifs (C(OH)–C–C–N with tert-alkyl or cyclic N) is 1. The number of aliphatic hydroxyl groups excluding tert-OH is 1. The van der Waals surface area contributed by atoms with Gasteiger partial charge in [-0.05, 0) is 18.6 Å². The summed E-state index contributed by atoms with van der Waals surface area (Å²) in [5.41, 5.74) is 0.674. The second-order valence-corrected chi connectivity index (χ2v) is 4.64. The molecule has 1 unspecified atom stereocenters. The van der Waals surface area contributed by atoms with E-state index in [0.29, 0.717) is 30.1 Å². The Labute approximate surface area is 104 Å². The number of rotatable bonds is 3. The van der Waals surface area contributed by atoms with Gasteiger partial charge in [0.05, 0.1) is 11.0 Å². The van der Waals surface area contributed by atoms with E-state index >= 15 is 0 Å². The van der Waals surface area contributed by atoms with Gasteiger partial charge in [0, 0.05) is 36.3 Å². The van der Waals surface area contributed by atoms with E-state index in [4.69, 9.17) is 11.6 Å². The Morgan fingerprint density at radius 1 is 1.59 bits per heavy atom. The van der Waals surface area contributed by atoms with Crippen molar-refractivity contribution in [3.05, 3.63) is 38.9 Å². The third-order valence-corrected chi connectivity index (χ3v) is 3.11. The predicted octanol–water partition coefficient (Wildman–Crippen LogP) is 1.81. The molecule has 1 atom stereocenters. The number of benzene rings is 1. The van der Waals surface area contributed by atoms with Crippen LogP contribution in [0, 0.1) is 10.1 Å². The first-order valence-corrected chi connectivity index (χ1v) is 5.77. The van der Waals surface area contributed by atoms with E-state index in [9.17, 15) is 15.2 Å². The van der Waals surface area contributed by atoms with Crippen LogP contribution < -0.4 is 0 Å². The van der Waals surface area contributed by atoms with Crippen molar-refractivity contribution >= 4 is 17.3 Å². The number of halogens is 1. The molecule has 1 saturated heterocycles. The zero-order chi connectivity index (χ0) is 12.4. The van der Waals surface area contributed by atoms with Crippen molar-refractivity contribution in [2.75, 3.05) is 13.1 Å². The summed E-state index contributed by atoms with van der Waals surface area (Å²) >= 11 is 5.85. The molecule has 17 heavy (non-hydrogen) atoms. The van der Waals surface area contributed by atoms with E-state index in [-0.39, 0.29) is 11.8 Å². The molecule has 1 aliphatic heterocycles. The summed E-state index contributed by atoms with van der Waals surface area (Å²) in [4.78, 5) is 12.5. The first kappa shape index (κ1) is 12.3. The maximum Gasteiger partial charge on any atom is 0.273 e. The normalized spacial score (nSPS) is 20.7. The minimum absolute atomic E-state index is 0.0794. The monoisotopic (exact) mass is 256 g/mol. The van der Waals surface area contributed by atoms with Crippen LogP contribution in [0.1, 0.15) is 12.0 Å². The van der Waals surface area contributed by atoms with Gasteiger partial charge in [-0.1, -0.05) is 11.6 Å². The molecule has 1 N–H and O–H groups in total. The van der Waals surface area contributed by atoms with E-state index in [1.54, 1.807) is 6.07 Å². The summed E-state index contributed by atoms with van der Waals surface area (Å²) < 4.78 is 0. The predicted molar refractivity (Wildman–Crippen MR) is 64.0 cm³/mol. The van der Waals surface area contributed by atoms with Gasteiger partial charge in [0.1, 0.15) is 0 Å². The molecule has 0 saturated carbocycles. The highest BCUT2D eigenvalue weighted by molar-refractivity contribution is 6.30. The molecule has 0 aromatic heterocycles. The fourth-order valence-corrected chi connectivity index (χ4v) is 2.25. The van der Waals surface area contributed by atoms with Crippen LogP contribution in [0.5, 0.6) is 0 Å². The lowest BCUT2D eigenvalue weighted by atomic mass is 10.1. The summed E-state index contributed by atoms with van der Waals surface area (Å²) in [6.07, 6.45) is 0.391. The number of aliphatic hydroxyl groups is 1. The van der Waals surface area contributed by atoms with Crippen molar-refractivity contribution in [2.45, 2.75) is 19.1 Å². The number of hydrogen-bond donors (Lipinski definition) is 1. The Morgan fingerprint density at radius 2 is 2.35 bits per heavy atom. The zero-order valence-electron chi connectivity index (χ0n) is 9.17. The van der Waals surface area contributed by atoms with Gasteiger partial charge in [0.25, 0.3) is 5.69 Å². The van der Waals surface area contributed by atoms with Gasteiger partial charge in [0.15, 0.2) is 0 Å². The molecular formula is C11H13ClN2O3. The van der Waals surface area contributed by atoms with Crippen LogP contribution in [0.4, 0.5) is 5.69 Å². The third-order valence-electron chi connectivity index (χ3n) is 2.88. The molecule has 1 fully saturated rings. The summed E-state index contributed by atoms with van der Waals surface area (Å²) in [5, 5.41) is 20.8. The van der Waals surface area contributed by atoms with E-state index in [1.807, 2.05) is 4.90 Å². The number of nitro groups is 1. The number of nitro benzene ring substituents is 1. The summed E-state index contributed by atoms with van der Waals surface area (Å²) in [5.74, 6) is 0. The number of likely N-dealkylation sites (tertiary alicyclic amines) is 1. The lowest BCUT2D eigenvalue weighted by Crippen LogP contribution is -2.22. The van der Waals surface area contributed by atoms with Crippen LogP contribution >= 0.6 is 11.6 Å². The second kappa shape index (κ2) is 5.00. The summed E-state index contributed by atoms with van der Waals surface area (Å²) in [6.45, 7) is 1.77. The Kier molecular flexibility index (Phi) is 3.61. The van der Waals surface area contributed by atoms with Crippen molar-refractivity contribution in [1.29, 1.82) is 0 Å². The lowest BCUT2D eigenvalue weighted by molar-refractivity contribution is -0.385. The first-order chi connectivity index (χ1) is 8.06. The van der Waals surface area contributed by atoms with Crippen molar-refractivity contribution < 1.29 is 10.0 Å². The molecule has 1 aromatic carbocycles. The number of nitrogens with zero attached hydrogens (tertiary/aromatic N) is 2. The Hall–Kier alpha value is -1.17. The summed E-state index contributed by atoms with van der Waals surface area (Å²) in [7, 11) is 0. The Balaban J connectivity index is 2.19. The highest BCUT2D eigenvalue weighted by atomic mass is 35.5. The maximum absolute atomic E-state index is 10.9. The fraction of sp³-hybridized carbons (Fsp3) is 0.455. The van der Waals surface area contributed by atoms with Crippen molar-refractivity contribution in [3.63, 3.8) is 0 Å². The van der Waals surface area contributed by atoms with Gasteiger partial charge >= 0.3 is 0 Å². The molecule has 2 rings (SSSR count). The standard InChI is InChI=1S/C11H13ClN2O3/c12-9-1-2-11(14(16)17)8(5-9)6-13-4-3-10(15)7-13/h1-2,5,10,15H,3-4,6-7H2. The first-order valence-electron chi connectivity index (χ1n) is 5.39. The van der Waals surface area contributed by atoms with Crippen LogP contribution in [0.25, 0.3) is 0 Å². The molecule has 0 aliphatic carbocycles. The molecule has 0 spiro atoms. The topological polar surface area (TPSA) is 66.6 Å². The molecule has 1 heterocycles. The average molecular weight is 257 g/mol. The molecule has 6 heteroatoms. The van der Waals surface area contributed by atoms with Crippen LogP contribution in [0.15, 0.2) is 18.2 Å². The zero-order valence-corrected chi connectivity index (χ0v) is 9.93. The molecule has 92 valence electrons. The van der Waals surface area contributed by atoms with Gasteiger partial charge in [0.2, 0.25) is 0 Å². The van der Waals surface area contributed by atoms with E-state index in [2.05, 4.69) is 0 Å². The van der Waals surface area contributed by atoms with Gasteiger partial charge in [-0.15, -0.1) is 0 Å². The minimum Gasteiger partial charge on any atom is -0.392 e. The highest BCUT2D eigenvalue weighted by Gasteiger charge is 2.23. The van der Waals surface area contributed by atoms with Crippen LogP contribution in [0.3, 0.4) is 0 Å². The highest BCUT2D eigenvalue weighted by Crippen LogP contribution is 2.25. The Morgan fingerprint density at radius 3 is 2.94 bits per heavy atom. The minimum atomic E-state index is -0.405. The van der Waals surface area contributed by atoms with Crippen LogP contribution in [-0.2, 0) is 6.54 Å². The van der Waals surface area contributed by atoms with Gasteiger partial charge in [-0.25, -0.2) is 0 Å². The Bertz CT molecular complexity index is 439. The molecule has 0 bridgehead atoms. The quantitative estimate of drug-likeness (QED) is 0.662. The second-order valence-electron chi connectivity index (χ2n) is 4.21. The molecule has 0 radical (unpaired) electrons. The smallest absolute Gasteiger partial charge is 0.273 e. The van der Waals surface area contributed by atoms with Crippen molar-refractivity contribution in [2.24, 2.45) is 0 Å². The summed E-state index contributed by atoms with van der Waals surface area (Å²) in [6, 6.07) is 4.55. The van der Waals surface area contributed by atoms with E-state index in [0.717, 1.165) is 6.54 Å². The largest absolute Gasteiger partial charge is 0.392 e. The SMILES string of the molecule is O=[N+]([O-])c1ccc(Cl)cc1CN1CCC(O)C1. The average Bonchev–Trinajstić information content (AvgIpc) is 2.63. The molecule has 5 nitrogen and oxygen atoms in total. The number of hydrogen-bond acceptors (Lipinski definition) is 4. The fourth-order valence-electron chi connectivity index (χ4n) is 2.06.